The molecule has 2 heterocycles. The highest BCUT2D eigenvalue weighted by molar-refractivity contribution is 6.14. The van der Waals surface area contributed by atoms with Crippen LogP contribution < -0.4 is 15.5 Å². The average Bonchev–Trinajstić information content (AvgIpc) is 3.34. The van der Waals surface area contributed by atoms with Crippen molar-refractivity contribution < 1.29 is 14.4 Å². The number of hydrogen-bond acceptors (Lipinski definition) is 8. The van der Waals surface area contributed by atoms with Gasteiger partial charge in [-0.3, -0.25) is 16.1 Å². The third-order valence-electron chi connectivity index (χ3n) is 7.10. The Kier molecular flexibility index (Phi) is 8.46. The third kappa shape index (κ3) is 6.97. The van der Waals surface area contributed by atoms with Crippen LogP contribution in [0.5, 0.6) is 5.75 Å². The fourth-order valence-corrected chi connectivity index (χ4v) is 5.54. The first kappa shape index (κ1) is 29.0. The number of nitrogens with zero attached hydrogens (tertiary/aromatic N) is 2. The zero-order valence-electron chi connectivity index (χ0n) is 24.1. The Hall–Kier alpha value is -3.95. The number of oxazole rings is 1. The Morgan fingerprint density at radius 3 is 2.42 bits per heavy atom. The Balaban J connectivity index is 1.61. The highest BCUT2D eigenvalue weighted by atomic mass is 16.5. The van der Waals surface area contributed by atoms with Crippen LogP contribution in [0.15, 0.2) is 65.2 Å². The Morgan fingerprint density at radius 2 is 1.82 bits per heavy atom. The van der Waals surface area contributed by atoms with Crippen molar-refractivity contribution in [3.63, 3.8) is 0 Å². The van der Waals surface area contributed by atoms with Crippen LogP contribution in [0.4, 0.5) is 5.69 Å². The van der Waals surface area contributed by atoms with Gasteiger partial charge in [0.15, 0.2) is 0 Å². The van der Waals surface area contributed by atoms with Crippen molar-refractivity contribution in [1.82, 2.24) is 15.2 Å². The molecule has 1 aliphatic heterocycles. The van der Waals surface area contributed by atoms with E-state index in [1.165, 1.54) is 0 Å². The normalized spacial score (nSPS) is 16.6. The lowest BCUT2D eigenvalue weighted by molar-refractivity contribution is 0.114. The quantitative estimate of drug-likeness (QED) is 0.124. The molecule has 0 unspecified atom stereocenters. The van der Waals surface area contributed by atoms with Gasteiger partial charge in [0.25, 0.3) is 0 Å². The molecule has 40 heavy (non-hydrogen) atoms. The second-order valence-corrected chi connectivity index (χ2v) is 11.8. The van der Waals surface area contributed by atoms with Gasteiger partial charge in [-0.2, -0.15) is 0 Å². The molecule has 9 heteroatoms. The second kappa shape index (κ2) is 11.7. The van der Waals surface area contributed by atoms with Crippen LogP contribution in [0, 0.1) is 17.7 Å². The molecule has 212 valence electrons. The molecular weight excluding hydrogens is 504 g/mol. The van der Waals surface area contributed by atoms with Gasteiger partial charge in [0, 0.05) is 29.7 Å². The first-order valence-corrected chi connectivity index (χ1v) is 13.4. The summed E-state index contributed by atoms with van der Waals surface area (Å²) in [5, 5.41) is 31.4. The lowest BCUT2D eigenvalue weighted by Gasteiger charge is -2.49. The highest BCUT2D eigenvalue weighted by Gasteiger charge is 2.39. The van der Waals surface area contributed by atoms with E-state index in [1.54, 1.807) is 37.4 Å². The van der Waals surface area contributed by atoms with E-state index in [4.69, 9.17) is 20.0 Å². The molecule has 0 atom stereocenters. The van der Waals surface area contributed by atoms with Gasteiger partial charge < -0.3 is 24.8 Å². The fraction of sp³-hybridized carbons (Fsp3) is 0.387. The molecule has 0 bridgehead atoms. The predicted molar refractivity (Wildman–Crippen MR) is 159 cm³/mol. The summed E-state index contributed by atoms with van der Waals surface area (Å²) in [4.78, 5) is 6.27. The molecule has 0 aliphatic carbocycles. The standard InChI is InChI=1S/C31H40N6O3/c1-20-18-34-29(40-20)22-14-25(35-38)28(26(15-22)39-19-21-10-8-7-9-11-21)24(32)12-13-27(33)37(6)23-16-30(2,3)36-31(4,5)17-23/h7-15,18,23,32-33,35-36,38H,16-17,19H2,1-6H3. The van der Waals surface area contributed by atoms with Crippen molar-refractivity contribution in [3.05, 3.63) is 77.7 Å². The van der Waals surface area contributed by atoms with E-state index in [1.807, 2.05) is 42.3 Å². The highest BCUT2D eigenvalue weighted by Crippen LogP contribution is 2.35. The van der Waals surface area contributed by atoms with E-state index in [9.17, 15) is 5.21 Å². The number of nitrogens with one attached hydrogen (secondary N) is 4. The first-order chi connectivity index (χ1) is 18.9. The van der Waals surface area contributed by atoms with Crippen molar-refractivity contribution in [2.75, 3.05) is 12.5 Å². The van der Waals surface area contributed by atoms with Crippen LogP contribution in [-0.2, 0) is 6.61 Å². The summed E-state index contributed by atoms with van der Waals surface area (Å²) in [6.07, 6.45) is 6.61. The summed E-state index contributed by atoms with van der Waals surface area (Å²) in [6, 6.07) is 13.3. The predicted octanol–water partition coefficient (Wildman–Crippen LogP) is 6.17. The van der Waals surface area contributed by atoms with Gasteiger partial charge >= 0.3 is 0 Å². The molecule has 2 aromatic carbocycles. The molecule has 0 spiro atoms. The van der Waals surface area contributed by atoms with Gasteiger partial charge in [-0.15, -0.1) is 0 Å². The fourth-order valence-electron chi connectivity index (χ4n) is 5.54. The average molecular weight is 545 g/mol. The largest absolute Gasteiger partial charge is 0.488 e. The Labute approximate surface area is 236 Å². The minimum absolute atomic E-state index is 0.0484. The zero-order chi connectivity index (χ0) is 29.1. The summed E-state index contributed by atoms with van der Waals surface area (Å²) >= 11 is 0. The maximum Gasteiger partial charge on any atom is 0.226 e. The lowest BCUT2D eigenvalue weighted by atomic mass is 9.79. The number of aromatic nitrogens is 1. The summed E-state index contributed by atoms with van der Waals surface area (Å²) < 4.78 is 11.9. The monoisotopic (exact) mass is 544 g/mol. The van der Waals surface area contributed by atoms with Crippen LogP contribution in [-0.4, -0.2) is 50.8 Å². The molecule has 0 radical (unpaired) electrons. The van der Waals surface area contributed by atoms with E-state index < -0.39 is 0 Å². The number of hydrogen-bond donors (Lipinski definition) is 5. The Morgan fingerprint density at radius 1 is 1.15 bits per heavy atom. The molecule has 1 aliphatic rings. The van der Waals surface area contributed by atoms with Gasteiger partial charge in [0.2, 0.25) is 5.89 Å². The number of likely N-dealkylation sites (N-methyl/N-ethyl adjacent to an activating group) is 1. The van der Waals surface area contributed by atoms with Crippen LogP contribution in [0.3, 0.4) is 0 Å². The molecule has 1 aromatic heterocycles. The number of allylic oxidation sites excluding steroid dienone is 1. The molecule has 3 aromatic rings. The van der Waals surface area contributed by atoms with Crippen molar-refractivity contribution in [2.24, 2.45) is 0 Å². The number of aryl methyl sites for hydroxylation is 1. The third-order valence-corrected chi connectivity index (χ3v) is 7.10. The van der Waals surface area contributed by atoms with Crippen molar-refractivity contribution in [2.45, 2.75) is 71.2 Å². The van der Waals surface area contributed by atoms with Crippen LogP contribution in [0.25, 0.3) is 11.5 Å². The van der Waals surface area contributed by atoms with Gasteiger partial charge in [-0.05, 0) is 77.3 Å². The number of amidine groups is 1. The van der Waals surface area contributed by atoms with Crippen LogP contribution in [0.1, 0.15) is 57.4 Å². The van der Waals surface area contributed by atoms with Gasteiger partial charge in [-0.25, -0.2) is 4.98 Å². The molecule has 5 N–H and O–H groups in total. The SMILES string of the molecule is Cc1cnc(-c2cc(NO)c(C(=N)C=CC(=N)N(C)C3CC(C)(C)NC(C)(C)C3)c(OCc3ccccc3)c2)o1. The van der Waals surface area contributed by atoms with Crippen molar-refractivity contribution in [1.29, 1.82) is 10.8 Å². The zero-order valence-corrected chi connectivity index (χ0v) is 24.1. The van der Waals surface area contributed by atoms with E-state index in [-0.39, 0.29) is 35.1 Å². The molecular formula is C31H40N6O3. The second-order valence-electron chi connectivity index (χ2n) is 11.8. The smallest absolute Gasteiger partial charge is 0.226 e. The topological polar surface area (TPSA) is 130 Å². The molecule has 1 saturated heterocycles. The van der Waals surface area contributed by atoms with Gasteiger partial charge in [0.05, 0.1) is 23.2 Å². The molecule has 1 fully saturated rings. The number of benzene rings is 2. The summed E-state index contributed by atoms with van der Waals surface area (Å²) in [6.45, 7) is 10.8. The lowest BCUT2D eigenvalue weighted by Crippen LogP contribution is -2.62. The van der Waals surface area contributed by atoms with Gasteiger partial charge in [0.1, 0.15) is 24.0 Å². The van der Waals surface area contributed by atoms with E-state index in [0.29, 0.717) is 34.4 Å². The molecule has 9 nitrogen and oxygen atoms in total. The molecule has 0 saturated carbocycles. The number of rotatable bonds is 9. The minimum atomic E-state index is -0.0484. The number of piperidine rings is 1. The molecule has 0 amide bonds. The van der Waals surface area contributed by atoms with Crippen molar-refractivity contribution >= 4 is 17.2 Å². The van der Waals surface area contributed by atoms with Crippen LogP contribution in [0.2, 0.25) is 0 Å². The number of ether oxygens (including phenoxy) is 1. The van der Waals surface area contributed by atoms with E-state index in [0.717, 1.165) is 18.4 Å². The van der Waals surface area contributed by atoms with E-state index >= 15 is 0 Å². The minimum Gasteiger partial charge on any atom is -0.488 e. The summed E-state index contributed by atoms with van der Waals surface area (Å²) in [5.41, 5.74) is 4.39. The maximum atomic E-state index is 10.1. The van der Waals surface area contributed by atoms with Crippen LogP contribution >= 0.6 is 0 Å². The van der Waals surface area contributed by atoms with Gasteiger partial charge in [-0.1, -0.05) is 30.3 Å². The Bertz CT molecular complexity index is 1380. The maximum absolute atomic E-state index is 10.1. The van der Waals surface area contributed by atoms with Crippen molar-refractivity contribution in [3.8, 4) is 17.2 Å². The summed E-state index contributed by atoms with van der Waals surface area (Å²) in [7, 11) is 1.93. The molecule has 4 rings (SSSR count). The van der Waals surface area contributed by atoms with E-state index in [2.05, 4.69) is 43.5 Å². The first-order valence-electron chi connectivity index (χ1n) is 13.4. The number of anilines is 1. The summed E-state index contributed by atoms with van der Waals surface area (Å²) in [5.74, 6) is 1.72.